The van der Waals surface area contributed by atoms with Crippen LogP contribution in [0.3, 0.4) is 0 Å². The van der Waals surface area contributed by atoms with E-state index in [9.17, 15) is 15.3 Å². The Balaban J connectivity index is 2.21. The Morgan fingerprint density at radius 3 is 2.72 bits per heavy atom. The SMILES string of the molecule is CNC(=O)c1n[nH]c2ccc(C3C(C#N)=C(C)N=C(C)C3C#N)cc12. The molecule has 2 aromatic rings. The third-order valence-corrected chi connectivity index (χ3v) is 4.48. The highest BCUT2D eigenvalue weighted by Crippen LogP contribution is 2.39. The van der Waals surface area contributed by atoms with E-state index in [1.165, 1.54) is 0 Å². The molecule has 0 bridgehead atoms. The number of allylic oxidation sites excluding steroid dienone is 2. The molecular formula is C18H16N6O. The molecule has 0 saturated heterocycles. The lowest BCUT2D eigenvalue weighted by Crippen LogP contribution is -2.24. The van der Waals surface area contributed by atoms with Crippen molar-refractivity contribution in [3.05, 3.63) is 40.7 Å². The van der Waals surface area contributed by atoms with Gasteiger partial charge in [0.15, 0.2) is 5.69 Å². The predicted molar refractivity (Wildman–Crippen MR) is 92.7 cm³/mol. The van der Waals surface area contributed by atoms with E-state index in [0.717, 1.165) is 11.1 Å². The number of aliphatic imine (C=N–C) groups is 1. The highest BCUT2D eigenvalue weighted by molar-refractivity contribution is 6.04. The monoisotopic (exact) mass is 332 g/mol. The average Bonchev–Trinajstić information content (AvgIpc) is 3.03. The molecule has 0 fully saturated rings. The van der Waals surface area contributed by atoms with Gasteiger partial charge in [0, 0.05) is 24.1 Å². The Hall–Kier alpha value is -3.45. The van der Waals surface area contributed by atoms with E-state index < -0.39 is 11.8 Å². The summed E-state index contributed by atoms with van der Waals surface area (Å²) in [6.45, 7) is 3.57. The minimum absolute atomic E-state index is 0.285. The first-order valence-corrected chi connectivity index (χ1v) is 7.77. The summed E-state index contributed by atoms with van der Waals surface area (Å²) >= 11 is 0. The van der Waals surface area contributed by atoms with Crippen molar-refractivity contribution < 1.29 is 4.79 Å². The van der Waals surface area contributed by atoms with Crippen LogP contribution in [0.4, 0.5) is 0 Å². The average molecular weight is 332 g/mol. The smallest absolute Gasteiger partial charge is 0.272 e. The van der Waals surface area contributed by atoms with Gasteiger partial charge in [0.1, 0.15) is 0 Å². The largest absolute Gasteiger partial charge is 0.354 e. The molecule has 1 amide bonds. The molecule has 1 aliphatic rings. The van der Waals surface area contributed by atoms with Crippen LogP contribution in [0.5, 0.6) is 0 Å². The molecule has 1 aromatic heterocycles. The maximum Gasteiger partial charge on any atom is 0.272 e. The Kier molecular flexibility index (Phi) is 4.08. The summed E-state index contributed by atoms with van der Waals surface area (Å²) in [5.41, 5.74) is 3.57. The second-order valence-electron chi connectivity index (χ2n) is 5.90. The van der Waals surface area contributed by atoms with Gasteiger partial charge in [-0.1, -0.05) is 6.07 Å². The van der Waals surface area contributed by atoms with Gasteiger partial charge in [0.25, 0.3) is 5.91 Å². The lowest BCUT2D eigenvalue weighted by atomic mass is 9.76. The first-order valence-electron chi connectivity index (χ1n) is 7.77. The second kappa shape index (κ2) is 6.21. The van der Waals surface area contributed by atoms with Crippen LogP contribution in [-0.4, -0.2) is 28.9 Å². The summed E-state index contributed by atoms with van der Waals surface area (Å²) in [6.07, 6.45) is 0. The Bertz CT molecular complexity index is 1010. The summed E-state index contributed by atoms with van der Waals surface area (Å²) in [5, 5.41) is 29.3. The van der Waals surface area contributed by atoms with Gasteiger partial charge in [-0.15, -0.1) is 0 Å². The maximum absolute atomic E-state index is 12.0. The van der Waals surface area contributed by atoms with Crippen LogP contribution >= 0.6 is 0 Å². The number of hydrogen-bond donors (Lipinski definition) is 2. The summed E-state index contributed by atoms with van der Waals surface area (Å²) in [7, 11) is 1.54. The lowest BCUT2D eigenvalue weighted by molar-refractivity contribution is 0.0959. The van der Waals surface area contributed by atoms with E-state index in [1.807, 2.05) is 18.2 Å². The van der Waals surface area contributed by atoms with Crippen molar-refractivity contribution in [3.63, 3.8) is 0 Å². The number of rotatable bonds is 2. The van der Waals surface area contributed by atoms with E-state index >= 15 is 0 Å². The van der Waals surface area contributed by atoms with Crippen LogP contribution in [0.25, 0.3) is 10.9 Å². The first kappa shape index (κ1) is 16.4. The van der Waals surface area contributed by atoms with E-state index in [4.69, 9.17) is 0 Å². The van der Waals surface area contributed by atoms with E-state index in [2.05, 4.69) is 32.6 Å². The number of nitrogens with one attached hydrogen (secondary N) is 2. The molecule has 2 unspecified atom stereocenters. The molecule has 1 aliphatic heterocycles. The summed E-state index contributed by atoms with van der Waals surface area (Å²) in [4.78, 5) is 16.3. The second-order valence-corrected chi connectivity index (χ2v) is 5.90. The molecule has 25 heavy (non-hydrogen) atoms. The normalized spacial score (nSPS) is 20.0. The van der Waals surface area contributed by atoms with Crippen LogP contribution in [0, 0.1) is 28.6 Å². The number of aromatic amines is 1. The van der Waals surface area contributed by atoms with Crippen molar-refractivity contribution in [1.29, 1.82) is 10.5 Å². The Morgan fingerprint density at radius 1 is 1.32 bits per heavy atom. The van der Waals surface area contributed by atoms with Crippen LogP contribution in [-0.2, 0) is 0 Å². The molecule has 0 saturated carbocycles. The molecule has 124 valence electrons. The lowest BCUT2D eigenvalue weighted by Gasteiger charge is -2.26. The summed E-state index contributed by atoms with van der Waals surface area (Å²) in [6, 6.07) is 9.94. The Labute approximate surface area is 144 Å². The number of H-pyrrole nitrogens is 1. The fourth-order valence-corrected chi connectivity index (χ4v) is 3.22. The van der Waals surface area contributed by atoms with Crippen molar-refractivity contribution in [2.45, 2.75) is 19.8 Å². The number of carbonyl (C=O) groups excluding carboxylic acids is 1. The van der Waals surface area contributed by atoms with Crippen molar-refractivity contribution in [1.82, 2.24) is 15.5 Å². The van der Waals surface area contributed by atoms with Crippen molar-refractivity contribution in [2.75, 3.05) is 7.05 Å². The molecule has 2 heterocycles. The number of carbonyl (C=O) groups is 1. The quantitative estimate of drug-likeness (QED) is 0.878. The number of benzene rings is 1. The molecule has 0 radical (unpaired) electrons. The zero-order valence-corrected chi connectivity index (χ0v) is 14.1. The van der Waals surface area contributed by atoms with Crippen molar-refractivity contribution in [3.8, 4) is 12.1 Å². The summed E-state index contributed by atoms with van der Waals surface area (Å²) in [5.74, 6) is -1.23. The first-order chi connectivity index (χ1) is 12.0. The number of fused-ring (bicyclic) bond motifs is 1. The van der Waals surface area contributed by atoms with Crippen molar-refractivity contribution >= 4 is 22.5 Å². The molecule has 2 atom stereocenters. The minimum Gasteiger partial charge on any atom is -0.354 e. The van der Waals surface area contributed by atoms with Crippen LogP contribution < -0.4 is 5.32 Å². The van der Waals surface area contributed by atoms with Crippen LogP contribution in [0.1, 0.15) is 35.8 Å². The maximum atomic E-state index is 12.0. The van der Waals surface area contributed by atoms with Crippen LogP contribution in [0.15, 0.2) is 34.5 Å². The van der Waals surface area contributed by atoms with E-state index in [0.29, 0.717) is 22.4 Å². The Morgan fingerprint density at radius 2 is 2.08 bits per heavy atom. The van der Waals surface area contributed by atoms with Crippen LogP contribution in [0.2, 0.25) is 0 Å². The highest BCUT2D eigenvalue weighted by atomic mass is 16.1. The van der Waals surface area contributed by atoms with Crippen molar-refractivity contribution in [2.24, 2.45) is 10.9 Å². The van der Waals surface area contributed by atoms with Gasteiger partial charge in [0.05, 0.1) is 34.8 Å². The highest BCUT2D eigenvalue weighted by Gasteiger charge is 2.34. The van der Waals surface area contributed by atoms with Gasteiger partial charge in [-0.25, -0.2) is 0 Å². The predicted octanol–water partition coefficient (Wildman–Crippen LogP) is 2.42. The number of amides is 1. The molecule has 7 nitrogen and oxygen atoms in total. The third kappa shape index (κ3) is 2.56. The topological polar surface area (TPSA) is 118 Å². The number of nitriles is 2. The fraction of sp³-hybridized carbons (Fsp3) is 0.278. The van der Waals surface area contributed by atoms with Gasteiger partial charge in [-0.3, -0.25) is 14.9 Å². The van der Waals surface area contributed by atoms with Gasteiger partial charge >= 0.3 is 0 Å². The summed E-state index contributed by atoms with van der Waals surface area (Å²) < 4.78 is 0. The molecule has 0 aliphatic carbocycles. The molecule has 0 spiro atoms. The number of aromatic nitrogens is 2. The minimum atomic E-state index is -0.522. The van der Waals surface area contributed by atoms with Gasteiger partial charge in [-0.2, -0.15) is 15.6 Å². The van der Waals surface area contributed by atoms with Gasteiger partial charge in [0.2, 0.25) is 0 Å². The molecule has 1 aromatic carbocycles. The zero-order valence-electron chi connectivity index (χ0n) is 14.1. The standard InChI is InChI=1S/C18H16N6O/c1-9-13(7-19)16(14(8-20)10(2)22-9)11-4-5-15-12(6-11)17(24-23-15)18(25)21-3/h4-6,13,16H,1-3H3,(H,21,25)(H,23,24). The van der Waals surface area contributed by atoms with E-state index in [1.54, 1.807) is 20.9 Å². The van der Waals surface area contributed by atoms with E-state index in [-0.39, 0.29) is 11.6 Å². The molecule has 2 N–H and O–H groups in total. The zero-order chi connectivity index (χ0) is 18.1. The molecule has 3 rings (SSSR count). The van der Waals surface area contributed by atoms with Gasteiger partial charge in [-0.05, 0) is 31.5 Å². The molecule has 7 heteroatoms. The number of hydrogen-bond acceptors (Lipinski definition) is 5. The molecular weight excluding hydrogens is 316 g/mol. The fourth-order valence-electron chi connectivity index (χ4n) is 3.22. The number of nitrogens with zero attached hydrogens (tertiary/aromatic N) is 4. The van der Waals surface area contributed by atoms with Gasteiger partial charge < -0.3 is 5.32 Å². The third-order valence-electron chi connectivity index (χ3n) is 4.48.